The van der Waals surface area contributed by atoms with Gasteiger partial charge in [-0.15, -0.1) is 0 Å². The number of piperazine rings is 1. The first-order chi connectivity index (χ1) is 7.16. The third-order valence-corrected chi connectivity index (χ3v) is 2.89. The Morgan fingerprint density at radius 3 is 2.93 bits per heavy atom. The fourth-order valence-electron chi connectivity index (χ4n) is 2.04. The van der Waals surface area contributed by atoms with E-state index in [4.69, 9.17) is 0 Å². The van der Waals surface area contributed by atoms with Gasteiger partial charge < -0.3 is 10.2 Å². The maximum absolute atomic E-state index is 4.40. The number of likely N-dealkylation sites (N-methyl/N-ethyl adjacent to an activating group) is 1. The Morgan fingerprint density at radius 2 is 2.27 bits per heavy atom. The molecule has 1 aromatic heterocycles. The minimum absolute atomic E-state index is 0.379. The van der Waals surface area contributed by atoms with Gasteiger partial charge in [0.05, 0.1) is 0 Å². The summed E-state index contributed by atoms with van der Waals surface area (Å²) in [6.07, 6.45) is 1.95. The van der Waals surface area contributed by atoms with Crippen molar-refractivity contribution in [1.82, 2.24) is 20.2 Å². The van der Waals surface area contributed by atoms with E-state index in [9.17, 15) is 0 Å². The molecule has 82 valence electrons. The quantitative estimate of drug-likeness (QED) is 0.733. The van der Waals surface area contributed by atoms with Crippen LogP contribution in [-0.2, 0) is 0 Å². The van der Waals surface area contributed by atoms with Gasteiger partial charge in [0.15, 0.2) is 0 Å². The van der Waals surface area contributed by atoms with Gasteiger partial charge in [-0.1, -0.05) is 0 Å². The number of nitrogens with one attached hydrogen (secondary N) is 1. The molecule has 1 fully saturated rings. The Kier molecular flexibility index (Phi) is 2.98. The van der Waals surface area contributed by atoms with Crippen molar-refractivity contribution in [2.45, 2.75) is 19.9 Å². The zero-order valence-corrected chi connectivity index (χ0v) is 9.62. The predicted molar refractivity (Wildman–Crippen MR) is 59.7 cm³/mol. The standard InChI is InChI=1S/C11H18N4/c1-8-10(6-13-9(2)14-8)11-7-15(3)5-4-12-11/h6,11-12H,4-5,7H2,1-3H3. The molecule has 0 amide bonds. The first-order valence-corrected chi connectivity index (χ1v) is 5.39. The van der Waals surface area contributed by atoms with E-state index in [2.05, 4.69) is 34.2 Å². The first kappa shape index (κ1) is 10.5. The molecule has 15 heavy (non-hydrogen) atoms. The molecule has 4 heteroatoms. The molecule has 1 unspecified atom stereocenters. The summed E-state index contributed by atoms with van der Waals surface area (Å²) in [5.41, 5.74) is 2.32. The molecule has 1 aliphatic heterocycles. The summed E-state index contributed by atoms with van der Waals surface area (Å²) in [6.45, 7) is 7.17. The van der Waals surface area contributed by atoms with Crippen molar-refractivity contribution in [2.75, 3.05) is 26.7 Å². The van der Waals surface area contributed by atoms with Crippen molar-refractivity contribution in [3.63, 3.8) is 0 Å². The Balaban J connectivity index is 2.21. The zero-order valence-electron chi connectivity index (χ0n) is 9.62. The SMILES string of the molecule is Cc1ncc(C2CN(C)CCN2)c(C)n1. The monoisotopic (exact) mass is 206 g/mol. The largest absolute Gasteiger partial charge is 0.307 e. The van der Waals surface area contributed by atoms with Crippen molar-refractivity contribution >= 4 is 0 Å². The first-order valence-electron chi connectivity index (χ1n) is 5.39. The highest BCUT2D eigenvalue weighted by molar-refractivity contribution is 5.21. The van der Waals surface area contributed by atoms with E-state index in [1.165, 1.54) is 5.56 Å². The van der Waals surface area contributed by atoms with Crippen LogP contribution in [0.2, 0.25) is 0 Å². The van der Waals surface area contributed by atoms with E-state index in [1.54, 1.807) is 0 Å². The number of hydrogen-bond acceptors (Lipinski definition) is 4. The number of rotatable bonds is 1. The third kappa shape index (κ3) is 2.33. The summed E-state index contributed by atoms with van der Waals surface area (Å²) in [7, 11) is 2.15. The number of aryl methyl sites for hydroxylation is 2. The van der Waals surface area contributed by atoms with Crippen LogP contribution in [0, 0.1) is 13.8 Å². The van der Waals surface area contributed by atoms with Gasteiger partial charge in [0.1, 0.15) is 5.82 Å². The van der Waals surface area contributed by atoms with Gasteiger partial charge in [-0.3, -0.25) is 0 Å². The van der Waals surface area contributed by atoms with Crippen LogP contribution in [0.4, 0.5) is 0 Å². The molecule has 0 spiro atoms. The third-order valence-electron chi connectivity index (χ3n) is 2.89. The van der Waals surface area contributed by atoms with E-state index in [0.717, 1.165) is 31.2 Å². The van der Waals surface area contributed by atoms with E-state index >= 15 is 0 Å². The highest BCUT2D eigenvalue weighted by Crippen LogP contribution is 2.18. The van der Waals surface area contributed by atoms with Gasteiger partial charge >= 0.3 is 0 Å². The van der Waals surface area contributed by atoms with Crippen LogP contribution in [0.5, 0.6) is 0 Å². The van der Waals surface area contributed by atoms with Crippen molar-refractivity contribution in [3.8, 4) is 0 Å². The van der Waals surface area contributed by atoms with E-state index in [0.29, 0.717) is 6.04 Å². The Hall–Kier alpha value is -1.00. The molecule has 4 nitrogen and oxygen atoms in total. The summed E-state index contributed by atoms with van der Waals surface area (Å²) in [6, 6.07) is 0.379. The fraction of sp³-hybridized carbons (Fsp3) is 0.636. The van der Waals surface area contributed by atoms with Crippen molar-refractivity contribution in [2.24, 2.45) is 0 Å². The summed E-state index contributed by atoms with van der Waals surface area (Å²) < 4.78 is 0. The lowest BCUT2D eigenvalue weighted by atomic mass is 10.1. The second-order valence-electron chi connectivity index (χ2n) is 4.23. The lowest BCUT2D eigenvalue weighted by Crippen LogP contribution is -2.44. The summed E-state index contributed by atoms with van der Waals surface area (Å²) >= 11 is 0. The lowest BCUT2D eigenvalue weighted by Gasteiger charge is -2.31. The van der Waals surface area contributed by atoms with Gasteiger partial charge in [-0.05, 0) is 20.9 Å². The normalized spacial score (nSPS) is 23.0. The molecule has 1 aromatic rings. The highest BCUT2D eigenvalue weighted by Gasteiger charge is 2.20. The van der Waals surface area contributed by atoms with Crippen LogP contribution >= 0.6 is 0 Å². The molecule has 0 aliphatic carbocycles. The van der Waals surface area contributed by atoms with Crippen LogP contribution in [0.25, 0.3) is 0 Å². The molecule has 1 saturated heterocycles. The summed E-state index contributed by atoms with van der Waals surface area (Å²) in [4.78, 5) is 11.0. The summed E-state index contributed by atoms with van der Waals surface area (Å²) in [5, 5.41) is 3.50. The van der Waals surface area contributed by atoms with Crippen LogP contribution in [0.1, 0.15) is 23.1 Å². The fourth-order valence-corrected chi connectivity index (χ4v) is 2.04. The van der Waals surface area contributed by atoms with Crippen LogP contribution in [0.3, 0.4) is 0 Å². The minimum Gasteiger partial charge on any atom is -0.307 e. The molecule has 0 saturated carbocycles. The summed E-state index contributed by atoms with van der Waals surface area (Å²) in [5.74, 6) is 0.848. The molecule has 2 rings (SSSR count). The average Bonchev–Trinajstić information content (AvgIpc) is 2.17. The molecular formula is C11H18N4. The number of nitrogens with zero attached hydrogens (tertiary/aromatic N) is 3. The van der Waals surface area contributed by atoms with Gasteiger partial charge in [0, 0.05) is 43.1 Å². The molecule has 1 atom stereocenters. The molecule has 2 heterocycles. The molecule has 1 N–H and O–H groups in total. The van der Waals surface area contributed by atoms with Crippen LogP contribution < -0.4 is 5.32 Å². The van der Waals surface area contributed by atoms with Crippen LogP contribution in [0.15, 0.2) is 6.20 Å². The Bertz CT molecular complexity index is 350. The second kappa shape index (κ2) is 4.24. The lowest BCUT2D eigenvalue weighted by molar-refractivity contribution is 0.240. The van der Waals surface area contributed by atoms with Crippen molar-refractivity contribution in [3.05, 3.63) is 23.3 Å². The minimum atomic E-state index is 0.379. The maximum atomic E-state index is 4.40. The van der Waals surface area contributed by atoms with Gasteiger partial charge in [0.2, 0.25) is 0 Å². The Morgan fingerprint density at radius 1 is 1.47 bits per heavy atom. The molecular weight excluding hydrogens is 188 g/mol. The van der Waals surface area contributed by atoms with Crippen LogP contribution in [-0.4, -0.2) is 41.5 Å². The second-order valence-corrected chi connectivity index (χ2v) is 4.23. The smallest absolute Gasteiger partial charge is 0.125 e. The molecule has 0 bridgehead atoms. The number of aromatic nitrogens is 2. The van der Waals surface area contributed by atoms with E-state index in [1.807, 2.05) is 13.1 Å². The van der Waals surface area contributed by atoms with Gasteiger partial charge in [-0.2, -0.15) is 0 Å². The van der Waals surface area contributed by atoms with Crippen molar-refractivity contribution < 1.29 is 0 Å². The highest BCUT2D eigenvalue weighted by atomic mass is 15.2. The van der Waals surface area contributed by atoms with Gasteiger partial charge in [-0.25, -0.2) is 9.97 Å². The van der Waals surface area contributed by atoms with E-state index < -0.39 is 0 Å². The average molecular weight is 206 g/mol. The van der Waals surface area contributed by atoms with E-state index in [-0.39, 0.29) is 0 Å². The number of hydrogen-bond donors (Lipinski definition) is 1. The van der Waals surface area contributed by atoms with Crippen molar-refractivity contribution in [1.29, 1.82) is 0 Å². The van der Waals surface area contributed by atoms with Gasteiger partial charge in [0.25, 0.3) is 0 Å². The predicted octanol–water partition coefficient (Wildman–Crippen LogP) is 0.670. The Labute approximate surface area is 90.7 Å². The molecule has 0 aromatic carbocycles. The molecule has 0 radical (unpaired) electrons. The molecule has 1 aliphatic rings. The topological polar surface area (TPSA) is 41.1 Å². The maximum Gasteiger partial charge on any atom is 0.125 e. The zero-order chi connectivity index (χ0) is 10.8.